The highest BCUT2D eigenvalue weighted by molar-refractivity contribution is 7.63. The summed E-state index contributed by atoms with van der Waals surface area (Å²) in [5.74, 6) is 0. The fourth-order valence-electron chi connectivity index (χ4n) is 5.09. The van der Waals surface area contributed by atoms with Gasteiger partial charge in [-0.3, -0.25) is 4.90 Å². The van der Waals surface area contributed by atoms with Crippen molar-refractivity contribution in [1.29, 1.82) is 0 Å². The molecular weight excluding hydrogens is 357 g/mol. The summed E-state index contributed by atoms with van der Waals surface area (Å²) in [5.41, 5.74) is 3.81. The smallest absolute Gasteiger partial charge is 0.114 e. The molecule has 3 heterocycles. The number of allylic oxidation sites excluding steroid dienone is 2. The van der Waals surface area contributed by atoms with E-state index >= 15 is 0 Å². The lowest BCUT2D eigenvalue weighted by molar-refractivity contribution is 0.125. The topological polar surface area (TPSA) is 37.0 Å². The molecular formula is C21H36N3O2P. The zero-order valence-electron chi connectivity index (χ0n) is 17.6. The van der Waals surface area contributed by atoms with Crippen LogP contribution in [0.15, 0.2) is 35.7 Å². The van der Waals surface area contributed by atoms with E-state index < -0.39 is 7.92 Å². The molecule has 3 aliphatic rings. The predicted molar refractivity (Wildman–Crippen MR) is 114 cm³/mol. The van der Waals surface area contributed by atoms with Gasteiger partial charge in [0.05, 0.1) is 32.7 Å². The molecule has 0 aromatic carbocycles. The molecule has 0 amide bonds. The third-order valence-electron chi connectivity index (χ3n) is 6.33. The summed E-state index contributed by atoms with van der Waals surface area (Å²) in [4.78, 5) is 5.34. The first-order valence-corrected chi connectivity index (χ1v) is 11.7. The van der Waals surface area contributed by atoms with E-state index in [0.717, 1.165) is 38.3 Å². The summed E-state index contributed by atoms with van der Waals surface area (Å²) < 4.78 is 11.1. The van der Waals surface area contributed by atoms with Crippen molar-refractivity contribution < 1.29 is 9.47 Å². The molecule has 2 fully saturated rings. The minimum absolute atomic E-state index is 0.207. The number of fused-ring (bicyclic) bond motifs is 2. The second kappa shape index (κ2) is 8.98. The molecule has 1 spiro atoms. The Morgan fingerprint density at radius 3 is 2.70 bits per heavy atom. The average molecular weight is 394 g/mol. The normalized spacial score (nSPS) is 31.7. The Morgan fingerprint density at radius 2 is 2.11 bits per heavy atom. The Labute approximate surface area is 166 Å². The van der Waals surface area contributed by atoms with E-state index in [1.807, 2.05) is 13.4 Å². The van der Waals surface area contributed by atoms with Crippen LogP contribution in [0.4, 0.5) is 0 Å². The summed E-state index contributed by atoms with van der Waals surface area (Å²) in [6, 6.07) is 0. The van der Waals surface area contributed by atoms with Crippen LogP contribution in [0.25, 0.3) is 0 Å². The third kappa shape index (κ3) is 3.79. The minimum Gasteiger partial charge on any atom is -0.505 e. The van der Waals surface area contributed by atoms with Gasteiger partial charge in [0.2, 0.25) is 0 Å². The zero-order valence-corrected chi connectivity index (χ0v) is 18.5. The van der Waals surface area contributed by atoms with Gasteiger partial charge in [-0.05, 0) is 59.5 Å². The highest BCUT2D eigenvalue weighted by atomic mass is 31.1. The maximum Gasteiger partial charge on any atom is 0.114 e. The summed E-state index contributed by atoms with van der Waals surface area (Å²) in [6.45, 7) is 12.2. The van der Waals surface area contributed by atoms with Crippen LogP contribution in [-0.2, 0) is 9.47 Å². The van der Waals surface area contributed by atoms with E-state index in [-0.39, 0.29) is 5.54 Å². The zero-order chi connectivity index (χ0) is 19.4. The number of nitrogens with zero attached hydrogens (tertiary/aromatic N) is 2. The van der Waals surface area contributed by atoms with Crippen LogP contribution in [0.3, 0.4) is 0 Å². The van der Waals surface area contributed by atoms with Crippen LogP contribution in [0.1, 0.15) is 33.6 Å². The molecule has 0 aliphatic carbocycles. The molecule has 152 valence electrons. The number of methoxy groups -OCH3 is 2. The van der Waals surface area contributed by atoms with Crippen molar-refractivity contribution in [2.24, 2.45) is 0 Å². The Bertz CT molecular complexity index is 598. The molecule has 1 N–H and O–H groups in total. The first kappa shape index (κ1) is 20.7. The third-order valence-corrected chi connectivity index (χ3v) is 9.35. The molecule has 3 atom stereocenters. The number of ether oxygens (including phenoxy) is 2. The van der Waals surface area contributed by atoms with Crippen molar-refractivity contribution in [2.45, 2.75) is 50.5 Å². The fraction of sp³-hybridized carbons (Fsp3) is 0.714. The van der Waals surface area contributed by atoms with Crippen LogP contribution < -0.4 is 5.32 Å². The van der Waals surface area contributed by atoms with Crippen LogP contribution in [0.5, 0.6) is 0 Å². The molecule has 5 nitrogen and oxygen atoms in total. The molecule has 6 heteroatoms. The van der Waals surface area contributed by atoms with Crippen LogP contribution >= 0.6 is 7.92 Å². The number of hydrogen-bond donors (Lipinski definition) is 1. The van der Waals surface area contributed by atoms with E-state index in [1.165, 1.54) is 12.8 Å². The molecule has 3 unspecified atom stereocenters. The van der Waals surface area contributed by atoms with Gasteiger partial charge in [-0.25, -0.2) is 0 Å². The van der Waals surface area contributed by atoms with Crippen molar-refractivity contribution in [3.05, 3.63) is 35.7 Å². The van der Waals surface area contributed by atoms with Gasteiger partial charge in [0.25, 0.3) is 0 Å². The maximum absolute atomic E-state index is 5.82. The van der Waals surface area contributed by atoms with Gasteiger partial charge in [-0.15, -0.1) is 0 Å². The SMILES string of the molecule is C/C=C(/OC)P1C(C)C=C2N(CC1/C=C/OC)CN(CC)C21CCNCC1. The largest absolute Gasteiger partial charge is 0.505 e. The summed E-state index contributed by atoms with van der Waals surface area (Å²) in [5, 5.41) is 3.56. The Balaban J connectivity index is 2.02. The highest BCUT2D eigenvalue weighted by Crippen LogP contribution is 2.58. The van der Waals surface area contributed by atoms with E-state index in [0.29, 0.717) is 11.3 Å². The molecule has 0 aromatic heterocycles. The van der Waals surface area contributed by atoms with Gasteiger partial charge in [0.15, 0.2) is 0 Å². The number of likely N-dealkylation sites (N-methyl/N-ethyl adjacent to an activating group) is 1. The summed E-state index contributed by atoms with van der Waals surface area (Å²) >= 11 is 0. The molecule has 0 aromatic rings. The maximum atomic E-state index is 5.82. The first-order valence-electron chi connectivity index (χ1n) is 10.2. The molecule has 0 radical (unpaired) electrons. The molecule has 0 bridgehead atoms. The van der Waals surface area contributed by atoms with Crippen LogP contribution in [-0.4, -0.2) is 73.7 Å². The Hall–Kier alpha value is -1.03. The predicted octanol–water partition coefficient (Wildman–Crippen LogP) is 3.51. The lowest BCUT2D eigenvalue weighted by Crippen LogP contribution is -2.51. The lowest BCUT2D eigenvalue weighted by Gasteiger charge is -2.41. The number of hydrogen-bond acceptors (Lipinski definition) is 5. The highest BCUT2D eigenvalue weighted by Gasteiger charge is 2.50. The second-order valence-electron chi connectivity index (χ2n) is 7.66. The molecule has 2 saturated heterocycles. The quantitative estimate of drug-likeness (QED) is 0.572. The minimum atomic E-state index is -0.460. The van der Waals surface area contributed by atoms with Crippen molar-refractivity contribution in [1.82, 2.24) is 15.1 Å². The molecule has 3 aliphatic heterocycles. The molecule has 27 heavy (non-hydrogen) atoms. The van der Waals surface area contributed by atoms with Crippen molar-refractivity contribution in [2.75, 3.05) is 47.1 Å². The van der Waals surface area contributed by atoms with Gasteiger partial charge in [0, 0.05) is 23.6 Å². The molecule has 0 saturated carbocycles. The van der Waals surface area contributed by atoms with Gasteiger partial charge < -0.3 is 19.7 Å². The van der Waals surface area contributed by atoms with Crippen LogP contribution in [0, 0.1) is 0 Å². The van der Waals surface area contributed by atoms with E-state index in [2.05, 4.69) is 54.1 Å². The second-order valence-corrected chi connectivity index (χ2v) is 10.4. The standard InChI is InChI=1S/C21H36N3O2P/c1-6-20(26-5)27-17(3)14-19-21(9-11-22-12-10-21)24(7-2)16-23(19)15-18(27)8-13-25-4/h6,8,13-14,17-18,22H,7,9-12,15-16H2,1-5H3/b13-8+,20-6-. The number of rotatable bonds is 5. The Morgan fingerprint density at radius 1 is 1.37 bits per heavy atom. The monoisotopic (exact) mass is 393 g/mol. The summed E-state index contributed by atoms with van der Waals surface area (Å²) in [6.07, 6.45) is 11.2. The van der Waals surface area contributed by atoms with Gasteiger partial charge in [-0.1, -0.05) is 19.9 Å². The fourth-order valence-corrected chi connectivity index (χ4v) is 7.86. The number of nitrogens with one attached hydrogen (secondary N) is 1. The average Bonchev–Trinajstić information content (AvgIpc) is 2.86. The van der Waals surface area contributed by atoms with Crippen LogP contribution in [0.2, 0.25) is 0 Å². The van der Waals surface area contributed by atoms with Crippen molar-refractivity contribution in [3.8, 4) is 0 Å². The van der Waals surface area contributed by atoms with E-state index in [4.69, 9.17) is 9.47 Å². The lowest BCUT2D eigenvalue weighted by atomic mass is 9.84. The van der Waals surface area contributed by atoms with Gasteiger partial charge in [0.1, 0.15) is 5.50 Å². The van der Waals surface area contributed by atoms with Crippen molar-refractivity contribution in [3.63, 3.8) is 0 Å². The van der Waals surface area contributed by atoms with Crippen molar-refractivity contribution >= 4 is 7.92 Å². The van der Waals surface area contributed by atoms with Gasteiger partial charge >= 0.3 is 0 Å². The number of piperidine rings is 1. The molecule has 3 rings (SSSR count). The van der Waals surface area contributed by atoms with E-state index in [1.54, 1.807) is 12.8 Å². The first-order chi connectivity index (χ1) is 13.1. The summed E-state index contributed by atoms with van der Waals surface area (Å²) in [7, 11) is 3.08. The Kier molecular flexibility index (Phi) is 6.88. The van der Waals surface area contributed by atoms with Gasteiger partial charge in [-0.2, -0.15) is 0 Å². The van der Waals surface area contributed by atoms with E-state index in [9.17, 15) is 0 Å².